The average molecular weight is 295 g/mol. The molecule has 112 valence electrons. The lowest BCUT2D eigenvalue weighted by Gasteiger charge is -2.15. The molecule has 0 heterocycles. The van der Waals surface area contributed by atoms with Crippen LogP contribution in [0.15, 0.2) is 17.0 Å². The molecular formula is C16H25NO2S. The van der Waals surface area contributed by atoms with E-state index in [0.29, 0.717) is 12.2 Å². The standard InChI is InChI=1S/C16H25NO2S/c1-5-8-9-17-14-10-13(16(18)19-6-2)11-15(12(14)4)20-7-3/h10-11,17H,5-9H2,1-4H3. The second-order valence-electron chi connectivity index (χ2n) is 4.58. The minimum absolute atomic E-state index is 0.246. The van der Waals surface area contributed by atoms with Crippen molar-refractivity contribution in [3.8, 4) is 0 Å². The van der Waals surface area contributed by atoms with Crippen molar-refractivity contribution >= 4 is 23.4 Å². The van der Waals surface area contributed by atoms with Gasteiger partial charge in [-0.25, -0.2) is 4.79 Å². The molecule has 1 N–H and O–H groups in total. The summed E-state index contributed by atoms with van der Waals surface area (Å²) in [5, 5.41) is 3.43. The van der Waals surface area contributed by atoms with Crippen LogP contribution in [0.2, 0.25) is 0 Å². The van der Waals surface area contributed by atoms with Crippen molar-refractivity contribution in [1.29, 1.82) is 0 Å². The normalized spacial score (nSPS) is 10.4. The zero-order valence-electron chi connectivity index (χ0n) is 12.9. The lowest BCUT2D eigenvalue weighted by molar-refractivity contribution is 0.0526. The number of carbonyl (C=O) groups is 1. The van der Waals surface area contributed by atoms with Gasteiger partial charge in [-0.3, -0.25) is 0 Å². The lowest BCUT2D eigenvalue weighted by Crippen LogP contribution is -2.09. The van der Waals surface area contributed by atoms with Crippen molar-refractivity contribution in [2.45, 2.75) is 45.4 Å². The van der Waals surface area contributed by atoms with Gasteiger partial charge in [-0.15, -0.1) is 11.8 Å². The first-order valence-electron chi connectivity index (χ1n) is 7.32. The Labute approximate surface area is 126 Å². The molecule has 1 aromatic carbocycles. The highest BCUT2D eigenvalue weighted by Gasteiger charge is 2.13. The number of thioether (sulfide) groups is 1. The summed E-state index contributed by atoms with van der Waals surface area (Å²) in [4.78, 5) is 13.1. The second-order valence-corrected chi connectivity index (χ2v) is 5.89. The number of unbranched alkanes of at least 4 members (excludes halogenated alkanes) is 1. The maximum Gasteiger partial charge on any atom is 0.338 e. The Kier molecular flexibility index (Phi) is 7.52. The van der Waals surface area contributed by atoms with Gasteiger partial charge in [-0.1, -0.05) is 20.3 Å². The molecule has 0 saturated carbocycles. The molecule has 0 atom stereocenters. The molecule has 1 rings (SSSR count). The summed E-state index contributed by atoms with van der Waals surface area (Å²) in [6.45, 7) is 9.55. The fourth-order valence-corrected chi connectivity index (χ4v) is 2.76. The van der Waals surface area contributed by atoms with Crippen LogP contribution in [0.4, 0.5) is 5.69 Å². The molecule has 1 aromatic rings. The molecule has 0 bridgehead atoms. The molecule has 20 heavy (non-hydrogen) atoms. The van der Waals surface area contributed by atoms with Crippen molar-refractivity contribution in [2.75, 3.05) is 24.2 Å². The van der Waals surface area contributed by atoms with Gasteiger partial charge in [0, 0.05) is 17.1 Å². The first-order valence-corrected chi connectivity index (χ1v) is 8.30. The molecule has 0 spiro atoms. The van der Waals surface area contributed by atoms with Gasteiger partial charge in [0.05, 0.1) is 12.2 Å². The second kappa shape index (κ2) is 8.90. The third kappa shape index (κ3) is 4.75. The fraction of sp³-hybridized carbons (Fsp3) is 0.562. The van der Waals surface area contributed by atoms with Gasteiger partial charge in [0.25, 0.3) is 0 Å². The van der Waals surface area contributed by atoms with E-state index in [1.165, 1.54) is 5.56 Å². The minimum Gasteiger partial charge on any atom is -0.462 e. The molecule has 0 saturated heterocycles. The summed E-state index contributed by atoms with van der Waals surface area (Å²) in [6, 6.07) is 3.84. The van der Waals surface area contributed by atoms with Gasteiger partial charge in [0.15, 0.2) is 0 Å². The third-order valence-electron chi connectivity index (χ3n) is 3.02. The third-order valence-corrected chi connectivity index (χ3v) is 4.04. The van der Waals surface area contributed by atoms with E-state index in [1.807, 2.05) is 19.1 Å². The van der Waals surface area contributed by atoms with Crippen LogP contribution in [0.1, 0.15) is 49.5 Å². The predicted octanol–water partition coefficient (Wildman–Crippen LogP) is 4.50. The van der Waals surface area contributed by atoms with Crippen LogP contribution in [-0.4, -0.2) is 24.9 Å². The monoisotopic (exact) mass is 295 g/mol. The number of carbonyl (C=O) groups excluding carboxylic acids is 1. The summed E-state index contributed by atoms with van der Waals surface area (Å²) in [5.74, 6) is 0.741. The molecule has 0 fully saturated rings. The average Bonchev–Trinajstić information content (AvgIpc) is 2.43. The van der Waals surface area contributed by atoms with Crippen molar-refractivity contribution in [1.82, 2.24) is 0 Å². The number of anilines is 1. The van der Waals surface area contributed by atoms with E-state index >= 15 is 0 Å². The molecule has 0 amide bonds. The van der Waals surface area contributed by atoms with Crippen molar-refractivity contribution in [2.24, 2.45) is 0 Å². The Bertz CT molecular complexity index is 446. The highest BCUT2D eigenvalue weighted by Crippen LogP contribution is 2.30. The Balaban J connectivity index is 3.03. The van der Waals surface area contributed by atoms with Gasteiger partial charge in [-0.05, 0) is 43.7 Å². The van der Waals surface area contributed by atoms with Gasteiger partial charge < -0.3 is 10.1 Å². The highest BCUT2D eigenvalue weighted by molar-refractivity contribution is 7.99. The molecule has 0 radical (unpaired) electrons. The van der Waals surface area contributed by atoms with Gasteiger partial charge in [0.2, 0.25) is 0 Å². The molecule has 0 aliphatic rings. The first kappa shape index (κ1) is 16.9. The maximum absolute atomic E-state index is 11.9. The number of nitrogens with one attached hydrogen (secondary N) is 1. The SMILES string of the molecule is CCCCNc1cc(C(=O)OCC)cc(SCC)c1C. The van der Waals surface area contributed by atoms with Gasteiger partial charge in [-0.2, -0.15) is 0 Å². The molecule has 3 nitrogen and oxygen atoms in total. The number of hydrogen-bond acceptors (Lipinski definition) is 4. The van der Waals surface area contributed by atoms with E-state index in [-0.39, 0.29) is 5.97 Å². The number of ether oxygens (including phenoxy) is 1. The van der Waals surface area contributed by atoms with E-state index in [4.69, 9.17) is 4.74 Å². The number of hydrogen-bond donors (Lipinski definition) is 1. The van der Waals surface area contributed by atoms with Gasteiger partial charge in [0.1, 0.15) is 0 Å². The zero-order chi connectivity index (χ0) is 15.0. The Hall–Kier alpha value is -1.16. The fourth-order valence-electron chi connectivity index (χ4n) is 1.91. The number of benzene rings is 1. The van der Waals surface area contributed by atoms with Crippen LogP contribution in [0, 0.1) is 6.92 Å². The van der Waals surface area contributed by atoms with Crippen LogP contribution in [0.5, 0.6) is 0 Å². The molecule has 0 aliphatic carbocycles. The van der Waals surface area contributed by atoms with Crippen LogP contribution in [0.3, 0.4) is 0 Å². The van der Waals surface area contributed by atoms with Crippen molar-refractivity contribution in [3.05, 3.63) is 23.3 Å². The predicted molar refractivity (Wildman–Crippen MR) is 86.9 cm³/mol. The topological polar surface area (TPSA) is 38.3 Å². The van der Waals surface area contributed by atoms with Crippen LogP contribution >= 0.6 is 11.8 Å². The van der Waals surface area contributed by atoms with Crippen molar-refractivity contribution in [3.63, 3.8) is 0 Å². The summed E-state index contributed by atoms with van der Waals surface area (Å²) in [7, 11) is 0. The molecule has 0 aromatic heterocycles. The Morgan fingerprint density at radius 3 is 2.65 bits per heavy atom. The summed E-state index contributed by atoms with van der Waals surface area (Å²) < 4.78 is 5.11. The molecule has 0 aliphatic heterocycles. The zero-order valence-corrected chi connectivity index (χ0v) is 13.7. The van der Waals surface area contributed by atoms with E-state index in [9.17, 15) is 4.79 Å². The van der Waals surface area contributed by atoms with E-state index in [0.717, 1.165) is 35.7 Å². The van der Waals surface area contributed by atoms with E-state index in [1.54, 1.807) is 11.8 Å². The Morgan fingerprint density at radius 1 is 1.30 bits per heavy atom. The molecular weight excluding hydrogens is 270 g/mol. The Morgan fingerprint density at radius 2 is 2.05 bits per heavy atom. The summed E-state index contributed by atoms with van der Waals surface area (Å²) in [6.07, 6.45) is 2.28. The van der Waals surface area contributed by atoms with E-state index < -0.39 is 0 Å². The quantitative estimate of drug-likeness (QED) is 0.435. The maximum atomic E-state index is 11.9. The highest BCUT2D eigenvalue weighted by atomic mass is 32.2. The lowest BCUT2D eigenvalue weighted by atomic mass is 10.1. The van der Waals surface area contributed by atoms with Crippen LogP contribution in [-0.2, 0) is 4.74 Å². The molecule has 0 unspecified atom stereocenters. The van der Waals surface area contributed by atoms with E-state index in [2.05, 4.69) is 26.1 Å². The van der Waals surface area contributed by atoms with Crippen molar-refractivity contribution < 1.29 is 9.53 Å². The minimum atomic E-state index is -0.246. The number of rotatable bonds is 8. The smallest absolute Gasteiger partial charge is 0.338 e. The van der Waals surface area contributed by atoms with Gasteiger partial charge >= 0.3 is 5.97 Å². The summed E-state index contributed by atoms with van der Waals surface area (Å²) >= 11 is 1.76. The number of esters is 1. The largest absolute Gasteiger partial charge is 0.462 e. The van der Waals surface area contributed by atoms with Crippen LogP contribution < -0.4 is 5.32 Å². The molecule has 4 heteroatoms. The summed E-state index contributed by atoms with van der Waals surface area (Å²) in [5.41, 5.74) is 2.88. The van der Waals surface area contributed by atoms with Crippen LogP contribution in [0.25, 0.3) is 0 Å². The first-order chi connectivity index (χ1) is 9.63.